The van der Waals surface area contributed by atoms with Gasteiger partial charge in [0.2, 0.25) is 5.91 Å². The van der Waals surface area contributed by atoms with Crippen LogP contribution in [-0.4, -0.2) is 35.2 Å². The third kappa shape index (κ3) is 4.61. The van der Waals surface area contributed by atoms with E-state index in [0.717, 1.165) is 39.6 Å². The highest BCUT2D eigenvalue weighted by Gasteiger charge is 2.36. The van der Waals surface area contributed by atoms with Gasteiger partial charge in [0.25, 0.3) is 0 Å². The zero-order valence-electron chi connectivity index (χ0n) is 20.5. The van der Waals surface area contributed by atoms with Gasteiger partial charge in [0.1, 0.15) is 23.9 Å². The van der Waals surface area contributed by atoms with Crippen LogP contribution in [0.2, 0.25) is 0 Å². The molecule has 1 unspecified atom stereocenters. The molecule has 5 rings (SSSR count). The van der Waals surface area contributed by atoms with E-state index in [-0.39, 0.29) is 11.8 Å². The van der Waals surface area contributed by atoms with E-state index in [1.807, 2.05) is 60.4 Å². The fraction of sp³-hybridized carbons (Fsp3) is 0.310. The van der Waals surface area contributed by atoms with E-state index in [2.05, 4.69) is 36.6 Å². The average molecular weight is 470 g/mol. The molecule has 1 aliphatic rings. The summed E-state index contributed by atoms with van der Waals surface area (Å²) in [7, 11) is 0. The van der Waals surface area contributed by atoms with Gasteiger partial charge in [0.15, 0.2) is 0 Å². The number of ether oxygens (including phenoxy) is 2. The first-order valence-corrected chi connectivity index (χ1v) is 12.2. The number of carbonyl (C=O) groups is 1. The van der Waals surface area contributed by atoms with Crippen molar-refractivity contribution in [1.29, 1.82) is 0 Å². The molecule has 35 heavy (non-hydrogen) atoms. The summed E-state index contributed by atoms with van der Waals surface area (Å²) in [5.41, 5.74) is 5.18. The summed E-state index contributed by atoms with van der Waals surface area (Å²) < 4.78 is 14.2. The highest BCUT2D eigenvalue weighted by atomic mass is 16.5. The van der Waals surface area contributed by atoms with Crippen molar-refractivity contribution < 1.29 is 14.3 Å². The maximum atomic E-state index is 13.1. The number of aryl methyl sites for hydroxylation is 2. The maximum Gasteiger partial charge on any atom is 0.227 e. The summed E-state index contributed by atoms with van der Waals surface area (Å²) in [6, 6.07) is 22.1. The van der Waals surface area contributed by atoms with Gasteiger partial charge in [0, 0.05) is 18.9 Å². The first-order chi connectivity index (χ1) is 17.0. The van der Waals surface area contributed by atoms with Crippen LogP contribution in [0.1, 0.15) is 36.2 Å². The second-order valence-corrected chi connectivity index (χ2v) is 9.03. The Morgan fingerprint density at radius 3 is 2.60 bits per heavy atom. The Morgan fingerprint density at radius 2 is 1.77 bits per heavy atom. The summed E-state index contributed by atoms with van der Waals surface area (Å²) >= 11 is 0. The van der Waals surface area contributed by atoms with Gasteiger partial charge in [-0.15, -0.1) is 0 Å². The molecule has 0 spiro atoms. The van der Waals surface area contributed by atoms with Crippen LogP contribution in [0.3, 0.4) is 0 Å². The van der Waals surface area contributed by atoms with Gasteiger partial charge in [-0.3, -0.25) is 4.79 Å². The average Bonchev–Trinajstić information content (AvgIpc) is 3.41. The van der Waals surface area contributed by atoms with Crippen LogP contribution < -0.4 is 14.4 Å². The molecule has 6 nitrogen and oxygen atoms in total. The lowest BCUT2D eigenvalue weighted by Gasteiger charge is -2.20. The molecular formula is C29H31N3O3. The predicted octanol–water partition coefficient (Wildman–Crippen LogP) is 5.65. The number of aromatic nitrogens is 2. The Balaban J connectivity index is 1.41. The number of fused-ring (bicyclic) bond motifs is 1. The number of para-hydroxylation sites is 4. The van der Waals surface area contributed by atoms with Crippen LogP contribution in [-0.2, 0) is 11.3 Å². The Labute approximate surface area is 206 Å². The second kappa shape index (κ2) is 9.82. The third-order valence-electron chi connectivity index (χ3n) is 6.53. The highest BCUT2D eigenvalue weighted by Crippen LogP contribution is 2.37. The van der Waals surface area contributed by atoms with Crippen LogP contribution in [0.15, 0.2) is 66.7 Å². The lowest BCUT2D eigenvalue weighted by atomic mass is 10.1. The van der Waals surface area contributed by atoms with Crippen LogP contribution in [0.5, 0.6) is 11.5 Å². The summed E-state index contributed by atoms with van der Waals surface area (Å²) in [6.07, 6.45) is 0.418. The zero-order valence-corrected chi connectivity index (χ0v) is 20.5. The Kier molecular flexibility index (Phi) is 6.45. The minimum Gasteiger partial charge on any atom is -0.492 e. The topological polar surface area (TPSA) is 56.6 Å². The number of hydrogen-bond donors (Lipinski definition) is 0. The normalized spacial score (nSPS) is 15.7. The molecule has 2 heterocycles. The van der Waals surface area contributed by atoms with Gasteiger partial charge >= 0.3 is 0 Å². The number of carbonyl (C=O) groups excluding carboxylic acids is 1. The lowest BCUT2D eigenvalue weighted by molar-refractivity contribution is -0.117. The van der Waals surface area contributed by atoms with Crippen molar-refractivity contribution in [3.63, 3.8) is 0 Å². The fourth-order valence-electron chi connectivity index (χ4n) is 4.92. The number of hydrogen-bond acceptors (Lipinski definition) is 4. The SMILES string of the molecule is CCOc1ccccc1N1CC(c2nc3ccccc3n2CCOc2ccc(C)cc2C)CC1=O. The standard InChI is InChI=1S/C29H31N3O3/c1-4-34-27-12-8-7-11-25(27)32-19-22(18-28(32)33)29-30-23-9-5-6-10-24(23)31(29)15-16-35-26-14-13-20(2)17-21(26)3/h5-14,17,22H,4,15-16,18-19H2,1-3H3. The van der Waals surface area contributed by atoms with E-state index in [1.54, 1.807) is 0 Å². The van der Waals surface area contributed by atoms with Crippen molar-refractivity contribution in [3.05, 3.63) is 83.7 Å². The summed E-state index contributed by atoms with van der Waals surface area (Å²) in [5.74, 6) is 2.65. The van der Waals surface area contributed by atoms with Crippen LogP contribution in [0.25, 0.3) is 11.0 Å². The van der Waals surface area contributed by atoms with Gasteiger partial charge < -0.3 is 18.9 Å². The van der Waals surface area contributed by atoms with E-state index >= 15 is 0 Å². The molecule has 1 atom stereocenters. The monoisotopic (exact) mass is 469 g/mol. The van der Waals surface area contributed by atoms with Crippen LogP contribution >= 0.6 is 0 Å². The molecule has 1 amide bonds. The van der Waals surface area contributed by atoms with Crippen molar-refractivity contribution in [3.8, 4) is 11.5 Å². The molecule has 0 bridgehead atoms. The van der Waals surface area contributed by atoms with E-state index in [1.165, 1.54) is 5.56 Å². The van der Waals surface area contributed by atoms with Gasteiger partial charge in [-0.2, -0.15) is 0 Å². The zero-order chi connectivity index (χ0) is 24.4. The molecule has 1 aliphatic heterocycles. The Morgan fingerprint density at radius 1 is 0.971 bits per heavy atom. The van der Waals surface area contributed by atoms with Crippen molar-refractivity contribution in [2.24, 2.45) is 0 Å². The largest absolute Gasteiger partial charge is 0.492 e. The van der Waals surface area contributed by atoms with Gasteiger partial charge in [-0.05, 0) is 56.7 Å². The molecule has 0 saturated carbocycles. The van der Waals surface area contributed by atoms with E-state index in [4.69, 9.17) is 14.5 Å². The Bertz CT molecular complexity index is 1360. The lowest BCUT2D eigenvalue weighted by Crippen LogP contribution is -2.25. The summed E-state index contributed by atoms with van der Waals surface area (Å²) in [4.78, 5) is 19.9. The highest BCUT2D eigenvalue weighted by molar-refractivity contribution is 5.97. The first-order valence-electron chi connectivity index (χ1n) is 12.2. The van der Waals surface area contributed by atoms with Gasteiger partial charge in [-0.1, -0.05) is 42.0 Å². The van der Waals surface area contributed by atoms with Crippen LogP contribution in [0.4, 0.5) is 5.69 Å². The molecular weight excluding hydrogens is 438 g/mol. The van der Waals surface area contributed by atoms with Crippen molar-refractivity contribution >= 4 is 22.6 Å². The molecule has 180 valence electrons. The predicted molar refractivity (Wildman–Crippen MR) is 138 cm³/mol. The molecule has 6 heteroatoms. The molecule has 1 aromatic heterocycles. The fourth-order valence-corrected chi connectivity index (χ4v) is 4.92. The third-order valence-corrected chi connectivity index (χ3v) is 6.53. The maximum absolute atomic E-state index is 13.1. The minimum atomic E-state index is -0.00862. The van der Waals surface area contributed by atoms with Gasteiger partial charge in [0.05, 0.1) is 29.9 Å². The van der Waals surface area contributed by atoms with Crippen molar-refractivity contribution in [2.75, 3.05) is 24.7 Å². The second-order valence-electron chi connectivity index (χ2n) is 9.03. The molecule has 3 aromatic carbocycles. The number of anilines is 1. The van der Waals surface area contributed by atoms with Crippen LogP contribution in [0, 0.1) is 13.8 Å². The molecule has 0 aliphatic carbocycles. The summed E-state index contributed by atoms with van der Waals surface area (Å²) in [5, 5.41) is 0. The van der Waals surface area contributed by atoms with E-state index in [9.17, 15) is 4.79 Å². The molecule has 0 N–H and O–H groups in total. The molecule has 1 saturated heterocycles. The van der Waals surface area contributed by atoms with Crippen molar-refractivity contribution in [2.45, 2.75) is 39.7 Å². The number of rotatable bonds is 8. The first kappa shape index (κ1) is 23.0. The van der Waals surface area contributed by atoms with E-state index < -0.39 is 0 Å². The molecule has 4 aromatic rings. The Hall–Kier alpha value is -3.80. The number of nitrogens with zero attached hydrogens (tertiary/aromatic N) is 3. The quantitative estimate of drug-likeness (QED) is 0.335. The summed E-state index contributed by atoms with van der Waals surface area (Å²) in [6.45, 7) is 8.41. The molecule has 1 fully saturated rings. The van der Waals surface area contributed by atoms with Crippen molar-refractivity contribution in [1.82, 2.24) is 9.55 Å². The smallest absolute Gasteiger partial charge is 0.227 e. The molecule has 0 radical (unpaired) electrons. The van der Waals surface area contributed by atoms with E-state index in [0.29, 0.717) is 32.7 Å². The minimum absolute atomic E-state index is 0.00862. The number of benzene rings is 3. The number of amides is 1. The van der Waals surface area contributed by atoms with Gasteiger partial charge in [-0.25, -0.2) is 4.98 Å². The number of imidazole rings is 1.